The maximum Gasteiger partial charge on any atom is 0.340 e. The first-order valence-corrected chi connectivity index (χ1v) is 8.89. The molecular weight excluding hydrogens is 336 g/mol. The highest BCUT2D eigenvalue weighted by molar-refractivity contribution is 7.13. The molecule has 5 nitrogen and oxygen atoms in total. The van der Waals surface area contributed by atoms with Crippen molar-refractivity contribution < 1.29 is 14.3 Å². The third-order valence-electron chi connectivity index (χ3n) is 3.93. The molecule has 0 unspecified atom stereocenters. The number of carbonyl (C=O) groups is 1. The summed E-state index contributed by atoms with van der Waals surface area (Å²) in [6.07, 6.45) is 0. The van der Waals surface area contributed by atoms with Crippen LogP contribution in [0.3, 0.4) is 0 Å². The molecule has 2 aromatic heterocycles. The summed E-state index contributed by atoms with van der Waals surface area (Å²) in [5, 5.41) is 2.84. The molecule has 0 aliphatic carbocycles. The molecule has 0 aliphatic heterocycles. The number of ether oxygens (including phenoxy) is 2. The van der Waals surface area contributed by atoms with E-state index < -0.39 is 0 Å². The van der Waals surface area contributed by atoms with Gasteiger partial charge in [-0.05, 0) is 32.9 Å². The topological polar surface area (TPSA) is 64.2 Å². The summed E-state index contributed by atoms with van der Waals surface area (Å²) in [6.45, 7) is 5.96. The van der Waals surface area contributed by atoms with Gasteiger partial charge in [-0.25, -0.2) is 9.78 Å². The lowest BCUT2D eigenvalue weighted by molar-refractivity contribution is 0.0526. The molecule has 3 aromatic rings. The molecule has 0 aliphatic rings. The number of benzene rings is 1. The minimum atomic E-state index is -0.324. The van der Waals surface area contributed by atoms with Crippen LogP contribution >= 0.6 is 11.3 Å². The Kier molecular flexibility index (Phi) is 4.90. The molecule has 0 saturated carbocycles. The van der Waals surface area contributed by atoms with Gasteiger partial charge >= 0.3 is 5.97 Å². The van der Waals surface area contributed by atoms with Crippen molar-refractivity contribution in [2.45, 2.75) is 20.8 Å². The van der Waals surface area contributed by atoms with Crippen molar-refractivity contribution in [3.8, 4) is 27.6 Å². The number of rotatable bonds is 5. The first kappa shape index (κ1) is 17.2. The molecule has 1 aromatic carbocycles. The lowest BCUT2D eigenvalue weighted by Gasteiger charge is -2.04. The van der Waals surface area contributed by atoms with Gasteiger partial charge in [0.1, 0.15) is 10.8 Å². The highest BCUT2D eigenvalue weighted by Crippen LogP contribution is 2.35. The number of nitrogens with one attached hydrogen (secondary N) is 1. The van der Waals surface area contributed by atoms with E-state index >= 15 is 0 Å². The zero-order chi connectivity index (χ0) is 18.0. The Morgan fingerprint density at radius 1 is 1.28 bits per heavy atom. The third kappa shape index (κ3) is 3.30. The third-order valence-corrected chi connectivity index (χ3v) is 4.82. The van der Waals surface area contributed by atoms with Gasteiger partial charge in [0.05, 0.1) is 25.0 Å². The van der Waals surface area contributed by atoms with Crippen LogP contribution in [0.4, 0.5) is 0 Å². The number of esters is 1. The monoisotopic (exact) mass is 356 g/mol. The van der Waals surface area contributed by atoms with E-state index in [-0.39, 0.29) is 5.97 Å². The normalized spacial score (nSPS) is 10.7. The number of carbonyl (C=O) groups excluding carboxylic acids is 1. The average Bonchev–Trinajstić information content (AvgIpc) is 3.19. The molecule has 6 heteroatoms. The summed E-state index contributed by atoms with van der Waals surface area (Å²) >= 11 is 1.54. The predicted octanol–water partition coefficient (Wildman–Crippen LogP) is 4.61. The molecule has 0 amide bonds. The molecule has 130 valence electrons. The Hall–Kier alpha value is -2.60. The fourth-order valence-electron chi connectivity index (χ4n) is 2.84. The van der Waals surface area contributed by atoms with Gasteiger partial charge in [-0.2, -0.15) is 0 Å². The molecule has 25 heavy (non-hydrogen) atoms. The van der Waals surface area contributed by atoms with Gasteiger partial charge in [-0.3, -0.25) is 0 Å². The Bertz CT molecular complexity index is 911. The Balaban J connectivity index is 2.04. The Morgan fingerprint density at radius 2 is 2.08 bits per heavy atom. The van der Waals surface area contributed by atoms with E-state index in [9.17, 15) is 4.79 Å². The van der Waals surface area contributed by atoms with E-state index in [0.717, 1.165) is 39.0 Å². The van der Waals surface area contributed by atoms with Crippen molar-refractivity contribution >= 4 is 17.3 Å². The van der Waals surface area contributed by atoms with Crippen molar-refractivity contribution in [1.82, 2.24) is 9.97 Å². The molecule has 0 bridgehead atoms. The Labute approximate surface area is 150 Å². The highest BCUT2D eigenvalue weighted by atomic mass is 32.1. The maximum atomic E-state index is 12.4. The summed E-state index contributed by atoms with van der Waals surface area (Å²) in [5.74, 6) is 0.463. The van der Waals surface area contributed by atoms with Crippen LogP contribution in [0.25, 0.3) is 21.8 Å². The van der Waals surface area contributed by atoms with Crippen LogP contribution in [0.15, 0.2) is 29.6 Å². The molecular formula is C19H20N2O3S. The zero-order valence-corrected chi connectivity index (χ0v) is 15.5. The van der Waals surface area contributed by atoms with E-state index in [1.54, 1.807) is 14.0 Å². The van der Waals surface area contributed by atoms with Gasteiger partial charge in [0.2, 0.25) is 0 Å². The maximum absolute atomic E-state index is 12.4. The fraction of sp³-hybridized carbons (Fsp3) is 0.263. The molecule has 3 rings (SSSR count). The van der Waals surface area contributed by atoms with Crippen molar-refractivity contribution in [3.63, 3.8) is 0 Å². The number of thiazole rings is 1. The molecule has 0 atom stereocenters. The summed E-state index contributed by atoms with van der Waals surface area (Å²) in [4.78, 5) is 20.3. The lowest BCUT2D eigenvalue weighted by atomic mass is 10.1. The highest BCUT2D eigenvalue weighted by Gasteiger charge is 2.23. The average molecular weight is 356 g/mol. The van der Waals surface area contributed by atoms with Crippen molar-refractivity contribution in [1.29, 1.82) is 0 Å². The van der Waals surface area contributed by atoms with Crippen molar-refractivity contribution in [2.75, 3.05) is 13.7 Å². The SMILES string of the molecule is CCOC(=O)c1c(C)[nH]c(C)c1-c1csc(-c2cccc(OC)c2)n1. The van der Waals surface area contributed by atoms with Crippen LogP contribution in [-0.2, 0) is 4.74 Å². The standard InChI is InChI=1S/C19H20N2O3S/c1-5-24-19(22)17-12(3)20-11(2)16(17)15-10-25-18(21-15)13-7-6-8-14(9-13)23-4/h6-10,20H,5H2,1-4H3. The molecule has 0 radical (unpaired) electrons. The first-order valence-electron chi connectivity index (χ1n) is 8.01. The van der Waals surface area contributed by atoms with Crippen LogP contribution in [0.1, 0.15) is 28.7 Å². The van der Waals surface area contributed by atoms with Crippen LogP contribution in [0.2, 0.25) is 0 Å². The molecule has 0 spiro atoms. The zero-order valence-electron chi connectivity index (χ0n) is 14.7. The number of methoxy groups -OCH3 is 1. The minimum absolute atomic E-state index is 0.324. The number of H-pyrrole nitrogens is 1. The van der Waals surface area contributed by atoms with Crippen LogP contribution < -0.4 is 4.74 Å². The summed E-state index contributed by atoms with van der Waals surface area (Å²) < 4.78 is 10.5. The minimum Gasteiger partial charge on any atom is -0.497 e. The van der Waals surface area contributed by atoms with Crippen molar-refractivity contribution in [2.24, 2.45) is 0 Å². The predicted molar refractivity (Wildman–Crippen MR) is 99.3 cm³/mol. The largest absolute Gasteiger partial charge is 0.497 e. The summed E-state index contributed by atoms with van der Waals surface area (Å²) in [7, 11) is 1.64. The second-order valence-corrected chi connectivity index (χ2v) is 6.47. The van der Waals surface area contributed by atoms with Gasteiger partial charge < -0.3 is 14.5 Å². The van der Waals surface area contributed by atoms with Gasteiger partial charge in [0, 0.05) is 27.9 Å². The molecule has 0 fully saturated rings. The first-order chi connectivity index (χ1) is 12.0. The van der Waals surface area contributed by atoms with Gasteiger partial charge in [-0.1, -0.05) is 12.1 Å². The summed E-state index contributed by atoms with van der Waals surface area (Å²) in [6, 6.07) is 7.78. The van der Waals surface area contributed by atoms with Gasteiger partial charge in [0.15, 0.2) is 0 Å². The second kappa shape index (κ2) is 7.11. The van der Waals surface area contributed by atoms with E-state index in [1.165, 1.54) is 11.3 Å². The number of nitrogens with zero attached hydrogens (tertiary/aromatic N) is 1. The van der Waals surface area contributed by atoms with Crippen molar-refractivity contribution in [3.05, 3.63) is 46.6 Å². The van der Waals surface area contributed by atoms with Crippen LogP contribution in [-0.4, -0.2) is 29.7 Å². The van der Waals surface area contributed by atoms with E-state index in [0.29, 0.717) is 12.2 Å². The van der Waals surface area contributed by atoms with E-state index in [2.05, 4.69) is 4.98 Å². The number of aromatic nitrogens is 2. The quantitative estimate of drug-likeness (QED) is 0.678. The smallest absolute Gasteiger partial charge is 0.340 e. The van der Waals surface area contributed by atoms with Gasteiger partial charge in [-0.15, -0.1) is 11.3 Å². The Morgan fingerprint density at radius 3 is 2.80 bits per heavy atom. The van der Waals surface area contributed by atoms with E-state index in [4.69, 9.17) is 14.5 Å². The second-order valence-electron chi connectivity index (χ2n) is 5.62. The lowest BCUT2D eigenvalue weighted by Crippen LogP contribution is -2.06. The van der Waals surface area contributed by atoms with Gasteiger partial charge in [0.25, 0.3) is 0 Å². The fourth-order valence-corrected chi connectivity index (χ4v) is 3.65. The number of hydrogen-bond acceptors (Lipinski definition) is 5. The van der Waals surface area contributed by atoms with Crippen LogP contribution in [0.5, 0.6) is 5.75 Å². The van der Waals surface area contributed by atoms with Crippen LogP contribution in [0, 0.1) is 13.8 Å². The number of aryl methyl sites for hydroxylation is 2. The summed E-state index contributed by atoms with van der Waals surface area (Å²) in [5.41, 5.74) is 4.82. The number of aromatic amines is 1. The van der Waals surface area contributed by atoms with E-state index in [1.807, 2.05) is 43.5 Å². The number of hydrogen-bond donors (Lipinski definition) is 1. The molecule has 0 saturated heterocycles. The molecule has 1 N–H and O–H groups in total. The molecule has 2 heterocycles.